The Hall–Kier alpha value is -0.650. The molecule has 5 nitrogen and oxygen atoms in total. The van der Waals surface area contributed by atoms with E-state index in [2.05, 4.69) is 47.3 Å². The van der Waals surface area contributed by atoms with Crippen LogP contribution >= 0.6 is 0 Å². The van der Waals surface area contributed by atoms with E-state index in [0.717, 1.165) is 50.9 Å². The summed E-state index contributed by atoms with van der Waals surface area (Å²) in [6.45, 7) is 20.8. The van der Waals surface area contributed by atoms with Crippen LogP contribution in [0.5, 0.6) is 0 Å². The van der Waals surface area contributed by atoms with E-state index in [1.807, 2.05) is 0 Å². The van der Waals surface area contributed by atoms with Crippen molar-refractivity contribution in [2.24, 2.45) is 17.8 Å². The van der Waals surface area contributed by atoms with Gasteiger partial charge in [0.25, 0.3) is 0 Å². The molecule has 0 aromatic rings. The van der Waals surface area contributed by atoms with E-state index in [1.165, 1.54) is 58.5 Å². The fraction of sp³-hybridized carbons (Fsp3) is 0.958. The van der Waals surface area contributed by atoms with Crippen LogP contribution in [0.15, 0.2) is 0 Å². The lowest BCUT2D eigenvalue weighted by molar-refractivity contribution is -0.138. The third kappa shape index (κ3) is 6.67. The SMILES string of the molecule is CC(C)C1CCN(C(=O)C2CCN(CCCN3CCN(C(C)C)CC3)CC2)CC1. The molecule has 0 aliphatic carbocycles. The second-order valence-electron chi connectivity index (χ2n) is 10.3. The van der Waals surface area contributed by atoms with Crippen LogP contribution in [0.2, 0.25) is 0 Å². The molecule has 0 bridgehead atoms. The third-order valence-electron chi connectivity index (χ3n) is 7.82. The summed E-state index contributed by atoms with van der Waals surface area (Å²) < 4.78 is 0. The quantitative estimate of drug-likeness (QED) is 0.650. The van der Waals surface area contributed by atoms with Gasteiger partial charge in [-0.05, 0) is 84.0 Å². The lowest BCUT2D eigenvalue weighted by Gasteiger charge is -2.39. The highest BCUT2D eigenvalue weighted by Gasteiger charge is 2.31. The van der Waals surface area contributed by atoms with Gasteiger partial charge in [-0.25, -0.2) is 0 Å². The molecular weight excluding hydrogens is 360 g/mol. The predicted molar refractivity (Wildman–Crippen MR) is 121 cm³/mol. The topological polar surface area (TPSA) is 30.0 Å². The number of piperazine rings is 1. The van der Waals surface area contributed by atoms with Crippen LogP contribution in [0, 0.1) is 17.8 Å². The number of hydrogen-bond donors (Lipinski definition) is 0. The van der Waals surface area contributed by atoms with Gasteiger partial charge in [0.05, 0.1) is 0 Å². The van der Waals surface area contributed by atoms with Gasteiger partial charge in [-0.3, -0.25) is 9.69 Å². The summed E-state index contributed by atoms with van der Waals surface area (Å²) in [6.07, 6.45) is 5.80. The van der Waals surface area contributed by atoms with Gasteiger partial charge in [-0.1, -0.05) is 13.8 Å². The molecule has 0 N–H and O–H groups in total. The fourth-order valence-electron chi connectivity index (χ4n) is 5.47. The zero-order chi connectivity index (χ0) is 20.8. The van der Waals surface area contributed by atoms with E-state index in [0.29, 0.717) is 11.9 Å². The maximum absolute atomic E-state index is 12.9. The highest BCUT2D eigenvalue weighted by molar-refractivity contribution is 5.79. The number of hydrogen-bond acceptors (Lipinski definition) is 4. The smallest absolute Gasteiger partial charge is 0.225 e. The number of carbonyl (C=O) groups excluding carboxylic acids is 1. The second kappa shape index (κ2) is 11.1. The van der Waals surface area contributed by atoms with Gasteiger partial charge < -0.3 is 14.7 Å². The molecule has 0 spiro atoms. The summed E-state index contributed by atoms with van der Waals surface area (Å²) in [6, 6.07) is 0.683. The Morgan fingerprint density at radius 2 is 1.31 bits per heavy atom. The molecular formula is C24H46N4O. The minimum Gasteiger partial charge on any atom is -0.342 e. The normalized spacial score (nSPS) is 24.7. The van der Waals surface area contributed by atoms with Gasteiger partial charge in [-0.15, -0.1) is 0 Å². The summed E-state index contributed by atoms with van der Waals surface area (Å²) in [5.74, 6) is 2.31. The van der Waals surface area contributed by atoms with Crippen LogP contribution in [-0.4, -0.2) is 97.0 Å². The van der Waals surface area contributed by atoms with Crippen molar-refractivity contribution in [2.45, 2.75) is 65.8 Å². The van der Waals surface area contributed by atoms with Crippen LogP contribution in [-0.2, 0) is 4.79 Å². The van der Waals surface area contributed by atoms with Crippen LogP contribution in [0.4, 0.5) is 0 Å². The minimum absolute atomic E-state index is 0.283. The summed E-state index contributed by atoms with van der Waals surface area (Å²) in [5.41, 5.74) is 0. The largest absolute Gasteiger partial charge is 0.342 e. The van der Waals surface area contributed by atoms with Gasteiger partial charge in [0.15, 0.2) is 0 Å². The van der Waals surface area contributed by atoms with E-state index in [4.69, 9.17) is 0 Å². The number of likely N-dealkylation sites (tertiary alicyclic amines) is 2. The van der Waals surface area contributed by atoms with E-state index >= 15 is 0 Å². The molecule has 0 aromatic heterocycles. The molecule has 3 saturated heterocycles. The number of rotatable bonds is 7. The Morgan fingerprint density at radius 1 is 0.759 bits per heavy atom. The molecule has 3 rings (SSSR count). The Bertz CT molecular complexity index is 485. The summed E-state index contributed by atoms with van der Waals surface area (Å²) in [4.78, 5) is 22.9. The summed E-state index contributed by atoms with van der Waals surface area (Å²) in [5, 5.41) is 0. The molecule has 3 heterocycles. The molecule has 0 aromatic carbocycles. The van der Waals surface area contributed by atoms with Gasteiger partial charge >= 0.3 is 0 Å². The number of nitrogens with zero attached hydrogens (tertiary/aromatic N) is 4. The Balaban J connectivity index is 1.28. The van der Waals surface area contributed by atoms with E-state index < -0.39 is 0 Å². The minimum atomic E-state index is 0.283. The predicted octanol–water partition coefficient (Wildman–Crippen LogP) is 3.01. The molecule has 1 amide bonds. The van der Waals surface area contributed by atoms with Gasteiger partial charge in [0.1, 0.15) is 0 Å². The lowest BCUT2D eigenvalue weighted by atomic mass is 9.86. The highest BCUT2D eigenvalue weighted by Crippen LogP contribution is 2.27. The highest BCUT2D eigenvalue weighted by atomic mass is 16.2. The van der Waals surface area contributed by atoms with Crippen molar-refractivity contribution >= 4 is 5.91 Å². The molecule has 29 heavy (non-hydrogen) atoms. The first-order chi connectivity index (χ1) is 13.9. The molecule has 0 atom stereocenters. The molecule has 5 heteroatoms. The van der Waals surface area contributed by atoms with Crippen molar-refractivity contribution in [1.82, 2.24) is 19.6 Å². The standard InChI is InChI=1S/C24H46N4O/c1-20(2)22-8-14-28(15-9-22)24(29)23-6-12-25(13-7-23)10-5-11-26-16-18-27(19-17-26)21(3)4/h20-23H,5-19H2,1-4H3. The monoisotopic (exact) mass is 406 g/mol. The van der Waals surface area contributed by atoms with Crippen LogP contribution in [0.1, 0.15) is 59.8 Å². The second-order valence-corrected chi connectivity index (χ2v) is 10.3. The van der Waals surface area contributed by atoms with Crippen molar-refractivity contribution < 1.29 is 4.79 Å². The number of amides is 1. The summed E-state index contributed by atoms with van der Waals surface area (Å²) >= 11 is 0. The maximum Gasteiger partial charge on any atom is 0.225 e. The Labute approximate surface area is 179 Å². The van der Waals surface area contributed by atoms with Crippen molar-refractivity contribution in [3.8, 4) is 0 Å². The van der Waals surface area contributed by atoms with E-state index in [1.54, 1.807) is 0 Å². The molecule has 0 saturated carbocycles. The maximum atomic E-state index is 12.9. The van der Waals surface area contributed by atoms with Gasteiger partial charge in [-0.2, -0.15) is 0 Å². The first kappa shape index (κ1) is 23.0. The first-order valence-corrected chi connectivity index (χ1v) is 12.4. The van der Waals surface area contributed by atoms with Crippen molar-refractivity contribution in [1.29, 1.82) is 0 Å². The molecule has 168 valence electrons. The zero-order valence-corrected chi connectivity index (χ0v) is 19.6. The molecule has 0 radical (unpaired) electrons. The summed E-state index contributed by atoms with van der Waals surface area (Å²) in [7, 11) is 0. The fourth-order valence-corrected chi connectivity index (χ4v) is 5.47. The zero-order valence-electron chi connectivity index (χ0n) is 19.6. The van der Waals surface area contributed by atoms with E-state index in [9.17, 15) is 4.79 Å². The average Bonchev–Trinajstić information content (AvgIpc) is 2.74. The Kier molecular flexibility index (Phi) is 8.82. The van der Waals surface area contributed by atoms with Gasteiger partial charge in [0, 0.05) is 51.2 Å². The van der Waals surface area contributed by atoms with E-state index in [-0.39, 0.29) is 5.92 Å². The molecule has 3 aliphatic rings. The lowest BCUT2D eigenvalue weighted by Crippen LogP contribution is -2.49. The van der Waals surface area contributed by atoms with Crippen LogP contribution in [0.3, 0.4) is 0 Å². The molecule has 3 aliphatic heterocycles. The van der Waals surface area contributed by atoms with Crippen molar-refractivity contribution in [2.75, 3.05) is 65.4 Å². The van der Waals surface area contributed by atoms with Gasteiger partial charge in [0.2, 0.25) is 5.91 Å². The Morgan fingerprint density at radius 3 is 1.83 bits per heavy atom. The molecule has 3 fully saturated rings. The molecule has 0 unspecified atom stereocenters. The number of piperidine rings is 2. The average molecular weight is 407 g/mol. The van der Waals surface area contributed by atoms with Crippen LogP contribution in [0.25, 0.3) is 0 Å². The first-order valence-electron chi connectivity index (χ1n) is 12.4. The van der Waals surface area contributed by atoms with Crippen LogP contribution < -0.4 is 0 Å². The van der Waals surface area contributed by atoms with Crippen molar-refractivity contribution in [3.63, 3.8) is 0 Å². The third-order valence-corrected chi connectivity index (χ3v) is 7.82. The van der Waals surface area contributed by atoms with Crippen molar-refractivity contribution in [3.05, 3.63) is 0 Å². The number of carbonyl (C=O) groups is 1.